The normalized spacial score (nSPS) is 21.0. The largest absolute Gasteiger partial charge is 0.497 e. The van der Waals surface area contributed by atoms with Gasteiger partial charge in [-0.15, -0.1) is 4.83 Å². The molecule has 178 valence electrons. The monoisotopic (exact) mass is 482 g/mol. The Kier molecular flexibility index (Phi) is 5.85. The van der Waals surface area contributed by atoms with Crippen molar-refractivity contribution in [2.45, 2.75) is 30.9 Å². The van der Waals surface area contributed by atoms with Crippen LogP contribution < -0.4 is 29.2 Å². The fourth-order valence-corrected chi connectivity index (χ4v) is 5.24. The van der Waals surface area contributed by atoms with Crippen molar-refractivity contribution in [3.8, 4) is 23.0 Å². The zero-order valence-corrected chi connectivity index (χ0v) is 19.9. The fraction of sp³-hybridized carbons (Fsp3) is 0.280. The topological polar surface area (TPSA) is 95.1 Å². The molecule has 2 aliphatic rings. The SMILES string of the molecule is COc1ccc([C@@H]2c3cc4c(cc3O[C@H](NNS(=O)(=O)c3ccc(C)cc3)[C@H]2C)OCO4)cc1. The minimum Gasteiger partial charge on any atom is -0.497 e. The highest BCUT2D eigenvalue weighted by molar-refractivity contribution is 7.89. The Hall–Kier alpha value is -3.27. The predicted octanol–water partition coefficient (Wildman–Crippen LogP) is 3.70. The molecule has 2 heterocycles. The van der Waals surface area contributed by atoms with E-state index in [1.165, 1.54) is 0 Å². The smallest absolute Gasteiger partial charge is 0.253 e. The summed E-state index contributed by atoms with van der Waals surface area (Å²) in [5, 5.41) is 0. The van der Waals surface area contributed by atoms with Gasteiger partial charge in [0.1, 0.15) is 11.5 Å². The van der Waals surface area contributed by atoms with Crippen LogP contribution in [0.15, 0.2) is 65.6 Å². The van der Waals surface area contributed by atoms with Crippen LogP contribution >= 0.6 is 0 Å². The Bertz CT molecular complexity index is 1290. The van der Waals surface area contributed by atoms with E-state index >= 15 is 0 Å². The average Bonchev–Trinajstić information content (AvgIpc) is 3.29. The molecule has 0 spiro atoms. The van der Waals surface area contributed by atoms with E-state index in [0.29, 0.717) is 17.2 Å². The molecule has 2 N–H and O–H groups in total. The van der Waals surface area contributed by atoms with Crippen molar-refractivity contribution < 1.29 is 27.4 Å². The Labute approximate surface area is 198 Å². The van der Waals surface area contributed by atoms with Crippen LogP contribution in [-0.2, 0) is 10.0 Å². The van der Waals surface area contributed by atoms with Crippen LogP contribution in [0.3, 0.4) is 0 Å². The Balaban J connectivity index is 1.46. The van der Waals surface area contributed by atoms with Crippen LogP contribution in [0, 0.1) is 12.8 Å². The van der Waals surface area contributed by atoms with Crippen molar-refractivity contribution in [2.24, 2.45) is 5.92 Å². The zero-order chi connectivity index (χ0) is 23.9. The van der Waals surface area contributed by atoms with Gasteiger partial charge in [-0.25, -0.2) is 13.8 Å². The van der Waals surface area contributed by atoms with Gasteiger partial charge in [-0.05, 0) is 42.8 Å². The summed E-state index contributed by atoms with van der Waals surface area (Å²) in [6.07, 6.45) is -0.639. The Morgan fingerprint density at radius 2 is 1.62 bits per heavy atom. The zero-order valence-electron chi connectivity index (χ0n) is 19.1. The molecule has 0 aliphatic carbocycles. The molecule has 3 atom stereocenters. The molecule has 2 aliphatic heterocycles. The molecule has 0 amide bonds. The van der Waals surface area contributed by atoms with Gasteiger partial charge in [-0.1, -0.05) is 36.8 Å². The van der Waals surface area contributed by atoms with Crippen molar-refractivity contribution in [3.05, 3.63) is 77.4 Å². The second kappa shape index (κ2) is 8.83. The molecule has 34 heavy (non-hydrogen) atoms. The van der Waals surface area contributed by atoms with Gasteiger partial charge in [0.25, 0.3) is 10.0 Å². The maximum atomic E-state index is 12.8. The molecule has 9 heteroatoms. The highest BCUT2D eigenvalue weighted by Gasteiger charge is 2.38. The van der Waals surface area contributed by atoms with Crippen LogP contribution in [0.25, 0.3) is 0 Å². The first kappa shape index (κ1) is 22.5. The minimum atomic E-state index is -3.78. The molecule has 3 aromatic rings. The van der Waals surface area contributed by atoms with Crippen LogP contribution in [0.5, 0.6) is 23.0 Å². The summed E-state index contributed by atoms with van der Waals surface area (Å²) >= 11 is 0. The molecular formula is C25H26N2O6S. The number of methoxy groups -OCH3 is 1. The number of hydrogen-bond donors (Lipinski definition) is 2. The number of nitrogens with one attached hydrogen (secondary N) is 2. The lowest BCUT2D eigenvalue weighted by molar-refractivity contribution is 0.0737. The number of fused-ring (bicyclic) bond motifs is 2. The lowest BCUT2D eigenvalue weighted by atomic mass is 9.78. The number of aryl methyl sites for hydroxylation is 1. The summed E-state index contributed by atoms with van der Waals surface area (Å²) in [6.45, 7) is 4.07. The van der Waals surface area contributed by atoms with Crippen LogP contribution in [-0.4, -0.2) is 28.5 Å². The molecular weight excluding hydrogens is 456 g/mol. The summed E-state index contributed by atoms with van der Waals surface area (Å²) in [7, 11) is -2.15. The van der Waals surface area contributed by atoms with Crippen molar-refractivity contribution in [1.82, 2.24) is 10.3 Å². The maximum absolute atomic E-state index is 12.8. The van der Waals surface area contributed by atoms with E-state index in [9.17, 15) is 8.42 Å². The van der Waals surface area contributed by atoms with Gasteiger partial charge in [0, 0.05) is 23.5 Å². The molecule has 0 unspecified atom stereocenters. The van der Waals surface area contributed by atoms with Crippen LogP contribution in [0.2, 0.25) is 0 Å². The van der Waals surface area contributed by atoms with Crippen molar-refractivity contribution in [3.63, 3.8) is 0 Å². The Morgan fingerprint density at radius 3 is 2.29 bits per heavy atom. The van der Waals surface area contributed by atoms with Crippen molar-refractivity contribution in [2.75, 3.05) is 13.9 Å². The van der Waals surface area contributed by atoms with E-state index < -0.39 is 16.3 Å². The first-order valence-electron chi connectivity index (χ1n) is 10.9. The molecule has 8 nitrogen and oxygen atoms in total. The number of hydrazine groups is 1. The van der Waals surface area contributed by atoms with Crippen molar-refractivity contribution >= 4 is 10.0 Å². The second-order valence-electron chi connectivity index (χ2n) is 8.45. The van der Waals surface area contributed by atoms with Gasteiger partial charge in [-0.3, -0.25) is 0 Å². The van der Waals surface area contributed by atoms with Gasteiger partial charge in [-0.2, -0.15) is 0 Å². The summed E-state index contributed by atoms with van der Waals surface area (Å²) < 4.78 is 48.3. The molecule has 3 aromatic carbocycles. The summed E-state index contributed by atoms with van der Waals surface area (Å²) in [5.74, 6) is 2.40. The Morgan fingerprint density at radius 1 is 0.941 bits per heavy atom. The quantitative estimate of drug-likeness (QED) is 0.517. The molecule has 5 rings (SSSR count). The first-order chi connectivity index (χ1) is 16.4. The molecule has 0 aromatic heterocycles. The van der Waals surface area contributed by atoms with Gasteiger partial charge in [0.05, 0.1) is 12.0 Å². The van der Waals surface area contributed by atoms with Gasteiger partial charge in [0.15, 0.2) is 17.7 Å². The minimum absolute atomic E-state index is 0.0921. The molecule has 0 saturated carbocycles. The maximum Gasteiger partial charge on any atom is 0.253 e. The van der Waals surface area contributed by atoms with Gasteiger partial charge in [0.2, 0.25) is 6.79 Å². The van der Waals surface area contributed by atoms with E-state index in [1.807, 2.05) is 44.2 Å². The highest BCUT2D eigenvalue weighted by Crippen LogP contribution is 2.48. The van der Waals surface area contributed by atoms with E-state index in [4.69, 9.17) is 18.9 Å². The van der Waals surface area contributed by atoms with Gasteiger partial charge < -0.3 is 18.9 Å². The lowest BCUT2D eigenvalue weighted by Crippen LogP contribution is -2.52. The number of ether oxygens (including phenoxy) is 4. The third-order valence-corrected chi connectivity index (χ3v) is 7.52. The number of hydrogen-bond acceptors (Lipinski definition) is 7. The molecule has 0 saturated heterocycles. The number of sulfonamides is 1. The summed E-state index contributed by atoms with van der Waals surface area (Å²) in [6, 6.07) is 18.2. The van der Waals surface area contributed by atoms with Crippen molar-refractivity contribution in [1.29, 1.82) is 0 Å². The molecule has 0 fully saturated rings. The lowest BCUT2D eigenvalue weighted by Gasteiger charge is -2.38. The molecule has 0 radical (unpaired) electrons. The third-order valence-electron chi connectivity index (χ3n) is 6.24. The number of benzene rings is 3. The van der Waals surface area contributed by atoms with Gasteiger partial charge >= 0.3 is 0 Å². The van der Waals surface area contributed by atoms with E-state index in [-0.39, 0.29) is 23.5 Å². The van der Waals surface area contributed by atoms with E-state index in [1.54, 1.807) is 37.4 Å². The van der Waals surface area contributed by atoms with Crippen LogP contribution in [0.4, 0.5) is 0 Å². The van der Waals surface area contributed by atoms with Crippen LogP contribution in [0.1, 0.15) is 29.5 Å². The summed E-state index contributed by atoms with van der Waals surface area (Å²) in [4.78, 5) is 2.66. The average molecular weight is 483 g/mol. The number of rotatable bonds is 6. The first-order valence-corrected chi connectivity index (χ1v) is 12.4. The standard InChI is InChI=1S/C25H26N2O6S/c1-15-4-10-19(11-5-15)34(28,29)27-26-25-16(2)24(17-6-8-18(30-3)9-7-17)20-12-22-23(32-14-31-22)13-21(20)33-25/h4-13,16,24-27H,14H2,1-3H3/t16-,24+,25-/m0/s1. The fourth-order valence-electron chi connectivity index (χ4n) is 4.35. The van der Waals surface area contributed by atoms with E-state index in [2.05, 4.69) is 10.3 Å². The van der Waals surface area contributed by atoms with E-state index in [0.717, 1.165) is 22.4 Å². The predicted molar refractivity (Wildman–Crippen MR) is 126 cm³/mol. The third kappa shape index (κ3) is 4.18. The second-order valence-corrected chi connectivity index (χ2v) is 10.1. The highest BCUT2D eigenvalue weighted by atomic mass is 32.2. The molecule has 0 bridgehead atoms. The summed E-state index contributed by atoms with van der Waals surface area (Å²) in [5.41, 5.74) is 5.87.